The molecule has 0 radical (unpaired) electrons. The van der Waals surface area contributed by atoms with Crippen LogP contribution in [-0.2, 0) is 19.6 Å². The molecule has 0 aromatic heterocycles. The number of rotatable bonds is 7. The molecular formula is C8H16O7S. The predicted molar refractivity (Wildman–Crippen MR) is 54.3 cm³/mol. The minimum atomic E-state index is -4.19. The highest BCUT2D eigenvalue weighted by Crippen LogP contribution is 2.22. The Morgan fingerprint density at radius 1 is 1.31 bits per heavy atom. The Bertz CT molecular complexity index is 309. The summed E-state index contributed by atoms with van der Waals surface area (Å²) in [5.74, 6) is -1.60. The first-order chi connectivity index (χ1) is 7.31. The van der Waals surface area contributed by atoms with Gasteiger partial charge in [0.1, 0.15) is 17.8 Å². The van der Waals surface area contributed by atoms with E-state index < -0.39 is 47.1 Å². The van der Waals surface area contributed by atoms with Gasteiger partial charge in [0, 0.05) is 0 Å². The van der Waals surface area contributed by atoms with Crippen LogP contribution in [0.15, 0.2) is 0 Å². The second kappa shape index (κ2) is 6.14. The predicted octanol–water partition coefficient (Wildman–Crippen LogP) is -1.20. The molecule has 0 fully saturated rings. The number of carbonyl (C=O) groups excluding carboxylic acids is 1. The van der Waals surface area contributed by atoms with Crippen LogP contribution in [0.4, 0.5) is 0 Å². The summed E-state index contributed by atoms with van der Waals surface area (Å²) >= 11 is 0. The number of carbonyl (C=O) groups is 1. The number of ether oxygens (including phenoxy) is 1. The van der Waals surface area contributed by atoms with Crippen molar-refractivity contribution in [3.8, 4) is 0 Å². The minimum Gasteiger partial charge on any atom is -0.464 e. The van der Waals surface area contributed by atoms with E-state index in [2.05, 4.69) is 4.74 Å². The highest BCUT2D eigenvalue weighted by molar-refractivity contribution is 7.85. The highest BCUT2D eigenvalue weighted by atomic mass is 32.2. The van der Waals surface area contributed by atoms with Gasteiger partial charge in [-0.25, -0.2) is 0 Å². The van der Waals surface area contributed by atoms with Crippen molar-refractivity contribution in [3.05, 3.63) is 0 Å². The molecule has 0 aromatic rings. The average Bonchev–Trinajstić information content (AvgIpc) is 2.19. The molecule has 0 aliphatic rings. The van der Waals surface area contributed by atoms with Crippen molar-refractivity contribution < 1.29 is 32.7 Å². The van der Waals surface area contributed by atoms with Crippen molar-refractivity contribution in [2.24, 2.45) is 5.41 Å². The summed E-state index contributed by atoms with van der Waals surface area (Å²) in [6, 6.07) is 0. The molecule has 0 spiro atoms. The summed E-state index contributed by atoms with van der Waals surface area (Å²) in [6.07, 6.45) is 0.157. The van der Waals surface area contributed by atoms with Gasteiger partial charge in [-0.3, -0.25) is 9.35 Å². The van der Waals surface area contributed by atoms with Crippen LogP contribution in [0.25, 0.3) is 0 Å². The van der Waals surface area contributed by atoms with Crippen LogP contribution < -0.4 is 0 Å². The molecule has 0 amide bonds. The topological polar surface area (TPSA) is 121 Å². The zero-order valence-corrected chi connectivity index (χ0v) is 9.73. The maximum atomic E-state index is 11.4. The van der Waals surface area contributed by atoms with E-state index in [1.54, 1.807) is 6.92 Å². The Labute approximate surface area is 93.8 Å². The molecule has 0 unspecified atom stereocenters. The summed E-state index contributed by atoms with van der Waals surface area (Å²) < 4.78 is 33.6. The van der Waals surface area contributed by atoms with Gasteiger partial charge in [0.2, 0.25) is 0 Å². The van der Waals surface area contributed by atoms with Crippen molar-refractivity contribution in [3.63, 3.8) is 0 Å². The third-order valence-corrected chi connectivity index (χ3v) is 2.97. The lowest BCUT2D eigenvalue weighted by molar-refractivity contribution is -0.161. The molecule has 0 saturated carbocycles. The molecule has 0 aliphatic heterocycles. The molecule has 7 nitrogen and oxygen atoms in total. The first kappa shape index (κ1) is 15.3. The minimum absolute atomic E-state index is 0.157. The van der Waals surface area contributed by atoms with Gasteiger partial charge in [-0.05, 0) is 6.42 Å². The summed E-state index contributed by atoms with van der Waals surface area (Å²) in [6.45, 7) is -0.120. The lowest BCUT2D eigenvalue weighted by Crippen LogP contribution is -2.40. The average molecular weight is 256 g/mol. The summed E-state index contributed by atoms with van der Waals surface area (Å²) in [4.78, 5) is 11.4. The van der Waals surface area contributed by atoms with Gasteiger partial charge < -0.3 is 14.9 Å². The Morgan fingerprint density at radius 3 is 2.12 bits per heavy atom. The number of aliphatic hydroxyl groups excluding tert-OH is 2. The van der Waals surface area contributed by atoms with E-state index in [0.717, 1.165) is 0 Å². The maximum absolute atomic E-state index is 11.4. The molecule has 0 aromatic carbocycles. The Morgan fingerprint density at radius 2 is 1.81 bits per heavy atom. The van der Waals surface area contributed by atoms with Crippen molar-refractivity contribution in [1.82, 2.24) is 0 Å². The third kappa shape index (κ3) is 4.44. The Balaban J connectivity index is 4.34. The number of aliphatic hydroxyl groups is 2. The smallest absolute Gasteiger partial charge is 0.316 e. The van der Waals surface area contributed by atoms with E-state index in [4.69, 9.17) is 14.8 Å². The largest absolute Gasteiger partial charge is 0.464 e. The van der Waals surface area contributed by atoms with Gasteiger partial charge in [0.05, 0.1) is 13.2 Å². The van der Waals surface area contributed by atoms with Crippen molar-refractivity contribution in [2.75, 3.05) is 25.6 Å². The van der Waals surface area contributed by atoms with Gasteiger partial charge >= 0.3 is 5.97 Å². The fourth-order valence-electron chi connectivity index (χ4n) is 0.940. The van der Waals surface area contributed by atoms with Gasteiger partial charge in [0.25, 0.3) is 10.1 Å². The molecular weight excluding hydrogens is 240 g/mol. The van der Waals surface area contributed by atoms with E-state index >= 15 is 0 Å². The van der Waals surface area contributed by atoms with Gasteiger partial charge in [-0.1, -0.05) is 6.92 Å². The zero-order valence-electron chi connectivity index (χ0n) is 8.92. The van der Waals surface area contributed by atoms with E-state index in [-0.39, 0.29) is 6.42 Å². The summed E-state index contributed by atoms with van der Waals surface area (Å²) in [7, 11) is -4.19. The van der Waals surface area contributed by atoms with Crippen molar-refractivity contribution in [2.45, 2.75) is 13.3 Å². The molecule has 0 aliphatic carbocycles. The van der Waals surface area contributed by atoms with Crippen molar-refractivity contribution >= 4 is 16.1 Å². The fourth-order valence-corrected chi connectivity index (χ4v) is 1.23. The maximum Gasteiger partial charge on any atom is 0.316 e. The van der Waals surface area contributed by atoms with Gasteiger partial charge in [-0.15, -0.1) is 0 Å². The van der Waals surface area contributed by atoms with Crippen LogP contribution in [0, 0.1) is 5.41 Å². The Hall–Kier alpha value is -0.700. The lowest BCUT2D eigenvalue weighted by Gasteiger charge is -2.25. The van der Waals surface area contributed by atoms with Crippen LogP contribution in [0.5, 0.6) is 0 Å². The normalized spacial score (nSPS) is 12.5. The first-order valence-electron chi connectivity index (χ1n) is 4.65. The molecule has 96 valence electrons. The van der Waals surface area contributed by atoms with Crippen LogP contribution in [0.3, 0.4) is 0 Å². The van der Waals surface area contributed by atoms with E-state index in [1.165, 1.54) is 0 Å². The van der Waals surface area contributed by atoms with Crippen molar-refractivity contribution in [1.29, 1.82) is 0 Å². The molecule has 16 heavy (non-hydrogen) atoms. The first-order valence-corrected chi connectivity index (χ1v) is 6.26. The van der Waals surface area contributed by atoms with Crippen LogP contribution in [0.1, 0.15) is 13.3 Å². The molecule has 3 N–H and O–H groups in total. The van der Waals surface area contributed by atoms with Gasteiger partial charge in [-0.2, -0.15) is 8.42 Å². The second-order valence-corrected chi connectivity index (χ2v) is 4.94. The second-order valence-electron chi connectivity index (χ2n) is 3.37. The SMILES string of the molecule is CCC(CO)(CO)C(=O)OCCS(=O)(=O)O. The Kier molecular flexibility index (Phi) is 5.87. The quantitative estimate of drug-likeness (QED) is 0.386. The molecule has 8 heteroatoms. The summed E-state index contributed by atoms with van der Waals surface area (Å²) in [5.41, 5.74) is -1.42. The highest BCUT2D eigenvalue weighted by Gasteiger charge is 2.37. The molecule has 0 bridgehead atoms. The molecule has 0 saturated heterocycles. The molecule has 0 heterocycles. The van der Waals surface area contributed by atoms with Crippen LogP contribution in [-0.4, -0.2) is 54.7 Å². The number of esters is 1. The van der Waals surface area contributed by atoms with Crippen LogP contribution >= 0.6 is 0 Å². The van der Waals surface area contributed by atoms with E-state index in [9.17, 15) is 13.2 Å². The summed E-state index contributed by atoms with van der Waals surface area (Å²) in [5, 5.41) is 18.0. The van der Waals surface area contributed by atoms with E-state index in [1.807, 2.05) is 0 Å². The monoisotopic (exact) mass is 256 g/mol. The lowest BCUT2D eigenvalue weighted by atomic mass is 9.87. The fraction of sp³-hybridized carbons (Fsp3) is 0.875. The van der Waals surface area contributed by atoms with Crippen LogP contribution in [0.2, 0.25) is 0 Å². The number of hydrogen-bond donors (Lipinski definition) is 3. The third-order valence-electron chi connectivity index (χ3n) is 2.29. The van der Waals surface area contributed by atoms with E-state index in [0.29, 0.717) is 0 Å². The standard InChI is InChI=1S/C8H16O7S/c1-2-8(5-9,6-10)7(11)15-3-4-16(12,13)14/h9-10H,2-6H2,1H3,(H,12,13,14). The molecule has 0 atom stereocenters. The zero-order chi connectivity index (χ0) is 12.8. The number of hydrogen-bond acceptors (Lipinski definition) is 6. The molecule has 0 rings (SSSR count). The van der Waals surface area contributed by atoms with Gasteiger partial charge in [0.15, 0.2) is 0 Å².